The molecule has 1 aromatic rings. The van der Waals surface area contributed by atoms with Gasteiger partial charge in [-0.15, -0.1) is 0 Å². The Hall–Kier alpha value is -1.64. The van der Waals surface area contributed by atoms with Gasteiger partial charge in [-0.1, -0.05) is 60.1 Å². The van der Waals surface area contributed by atoms with Crippen molar-refractivity contribution < 1.29 is 23.1 Å². The largest absolute Gasteiger partial charge is 0.477 e. The zero-order valence-corrected chi connectivity index (χ0v) is 23.6. The Bertz CT molecular complexity index is 893. The van der Waals surface area contributed by atoms with E-state index in [2.05, 4.69) is 52.9 Å². The summed E-state index contributed by atoms with van der Waals surface area (Å²) in [5, 5.41) is 12.9. The molecule has 8 heteroatoms. The molecule has 0 unspecified atom stereocenters. The average molecular weight is 513 g/mol. The van der Waals surface area contributed by atoms with Crippen molar-refractivity contribution in [3.63, 3.8) is 0 Å². The number of ether oxygens (including phenoxy) is 1. The lowest BCUT2D eigenvalue weighted by Crippen LogP contribution is -2.36. The van der Waals surface area contributed by atoms with Crippen molar-refractivity contribution in [1.82, 2.24) is 5.32 Å². The molecule has 7 nitrogen and oxygen atoms in total. The normalized spacial score (nSPS) is 15.0. The summed E-state index contributed by atoms with van der Waals surface area (Å²) >= 11 is 0. The average Bonchev–Trinajstić information content (AvgIpc) is 2.74. The standard InChI is InChI=1S/C27H48N2O5S/c1-8-9-14-29-26(31)24(30)13-11-22(28)17-21(19(2)3)15-20-10-12-23(27(4,5)6)25(16-20)34-18-35(7,32)33/h10,12,16,19,21-22,24,30H,8-9,11,13-15,17-18,28H2,1-7H3,(H,29,31)/t21-,22-,24-/m0/s1. The number of nitrogens with one attached hydrogen (secondary N) is 1. The lowest BCUT2D eigenvalue weighted by molar-refractivity contribution is -0.129. The number of amides is 1. The minimum atomic E-state index is -3.26. The van der Waals surface area contributed by atoms with Crippen LogP contribution in [0.4, 0.5) is 0 Å². The molecule has 0 saturated carbocycles. The fraction of sp³-hybridized carbons (Fsp3) is 0.741. The minimum absolute atomic E-state index is 0.129. The van der Waals surface area contributed by atoms with Crippen LogP contribution in [0.5, 0.6) is 5.75 Å². The lowest BCUT2D eigenvalue weighted by Gasteiger charge is -2.27. The van der Waals surface area contributed by atoms with Gasteiger partial charge in [0.1, 0.15) is 11.9 Å². The van der Waals surface area contributed by atoms with E-state index in [9.17, 15) is 18.3 Å². The summed E-state index contributed by atoms with van der Waals surface area (Å²) in [4.78, 5) is 12.0. The highest BCUT2D eigenvalue weighted by molar-refractivity contribution is 7.90. The molecule has 0 spiro atoms. The zero-order valence-electron chi connectivity index (χ0n) is 22.8. The third-order valence-electron chi connectivity index (χ3n) is 6.27. The summed E-state index contributed by atoms with van der Waals surface area (Å²) < 4.78 is 29.1. The van der Waals surface area contributed by atoms with Gasteiger partial charge in [0, 0.05) is 18.8 Å². The molecule has 1 amide bonds. The molecule has 0 radical (unpaired) electrons. The summed E-state index contributed by atoms with van der Waals surface area (Å²) in [6, 6.07) is 5.93. The van der Waals surface area contributed by atoms with Crippen molar-refractivity contribution >= 4 is 15.7 Å². The Morgan fingerprint density at radius 1 is 1.20 bits per heavy atom. The van der Waals surface area contributed by atoms with Crippen LogP contribution >= 0.6 is 0 Å². The molecule has 3 atom stereocenters. The predicted molar refractivity (Wildman–Crippen MR) is 143 cm³/mol. The van der Waals surface area contributed by atoms with Gasteiger partial charge in [-0.2, -0.15) is 0 Å². The summed E-state index contributed by atoms with van der Waals surface area (Å²) in [7, 11) is -3.26. The van der Waals surface area contributed by atoms with Crippen LogP contribution in [-0.4, -0.2) is 50.3 Å². The van der Waals surface area contributed by atoms with Gasteiger partial charge in [0.25, 0.3) is 0 Å². The van der Waals surface area contributed by atoms with Crippen molar-refractivity contribution in [2.24, 2.45) is 17.6 Å². The van der Waals surface area contributed by atoms with Crippen molar-refractivity contribution in [3.8, 4) is 5.75 Å². The highest BCUT2D eigenvalue weighted by Crippen LogP contribution is 2.34. The molecule has 0 bridgehead atoms. The second kappa shape index (κ2) is 14.2. The summed E-state index contributed by atoms with van der Waals surface area (Å²) in [5.41, 5.74) is 8.26. The van der Waals surface area contributed by atoms with Gasteiger partial charge < -0.3 is 20.9 Å². The molecular weight excluding hydrogens is 464 g/mol. The highest BCUT2D eigenvalue weighted by atomic mass is 32.2. The maximum Gasteiger partial charge on any atom is 0.248 e. The summed E-state index contributed by atoms with van der Waals surface area (Å²) in [6.07, 6.45) is 4.47. The maximum absolute atomic E-state index is 12.0. The van der Waals surface area contributed by atoms with E-state index in [-0.39, 0.29) is 23.3 Å². The number of unbranched alkanes of at least 4 members (excludes halogenated alkanes) is 1. The zero-order chi connectivity index (χ0) is 26.8. The number of aliphatic hydroxyl groups is 1. The third-order valence-corrected chi connectivity index (χ3v) is 6.82. The van der Waals surface area contributed by atoms with Crippen LogP contribution in [-0.2, 0) is 26.5 Å². The fourth-order valence-corrected chi connectivity index (χ4v) is 4.35. The Balaban J connectivity index is 2.84. The smallest absolute Gasteiger partial charge is 0.248 e. The Morgan fingerprint density at radius 2 is 1.86 bits per heavy atom. The molecule has 0 aromatic heterocycles. The molecule has 0 fully saturated rings. The number of hydrogen-bond acceptors (Lipinski definition) is 6. The van der Waals surface area contributed by atoms with E-state index >= 15 is 0 Å². The van der Waals surface area contributed by atoms with Crippen LogP contribution < -0.4 is 15.8 Å². The quantitative estimate of drug-likeness (QED) is 0.306. The van der Waals surface area contributed by atoms with Crippen molar-refractivity contribution in [2.75, 3.05) is 18.7 Å². The molecule has 0 aliphatic carbocycles. The molecular formula is C27H48N2O5S. The minimum Gasteiger partial charge on any atom is -0.477 e. The number of nitrogens with two attached hydrogens (primary N) is 1. The molecule has 0 heterocycles. The summed E-state index contributed by atoms with van der Waals surface area (Å²) in [5.74, 6) is 0.595. The van der Waals surface area contributed by atoms with Gasteiger partial charge >= 0.3 is 0 Å². The number of rotatable bonds is 15. The highest BCUT2D eigenvalue weighted by Gasteiger charge is 2.23. The number of hydrogen-bond donors (Lipinski definition) is 3. The SMILES string of the molecule is CCCCNC(=O)[C@@H](O)CC[C@H](N)C[C@H](Cc1ccc(C(C)(C)C)c(OCS(C)(=O)=O)c1)C(C)C. The van der Waals surface area contributed by atoms with Gasteiger partial charge in [-0.3, -0.25) is 4.79 Å². The predicted octanol–water partition coefficient (Wildman–Crippen LogP) is 3.95. The first-order valence-corrected chi connectivity index (χ1v) is 14.8. The maximum atomic E-state index is 12.0. The van der Waals surface area contributed by atoms with Gasteiger partial charge in [-0.05, 0) is 66.5 Å². The van der Waals surface area contributed by atoms with Gasteiger partial charge in [-0.25, -0.2) is 8.42 Å². The van der Waals surface area contributed by atoms with Crippen LogP contribution in [0, 0.1) is 11.8 Å². The Labute approximate surface area is 213 Å². The molecule has 0 aliphatic rings. The number of carbonyl (C=O) groups excluding carboxylic acids is 1. The van der Waals surface area contributed by atoms with E-state index in [4.69, 9.17) is 10.5 Å². The molecule has 4 N–H and O–H groups in total. The van der Waals surface area contributed by atoms with Crippen LogP contribution in [0.1, 0.15) is 84.8 Å². The molecule has 1 aromatic carbocycles. The number of aliphatic hydroxyl groups excluding tert-OH is 1. The van der Waals surface area contributed by atoms with E-state index in [0.717, 1.165) is 43.1 Å². The van der Waals surface area contributed by atoms with E-state index in [1.165, 1.54) is 0 Å². The number of carbonyl (C=O) groups is 1. The van der Waals surface area contributed by atoms with Crippen LogP contribution in [0.2, 0.25) is 0 Å². The van der Waals surface area contributed by atoms with Crippen molar-refractivity contribution in [1.29, 1.82) is 0 Å². The van der Waals surface area contributed by atoms with Crippen molar-refractivity contribution in [3.05, 3.63) is 29.3 Å². The molecule has 0 aliphatic heterocycles. The van der Waals surface area contributed by atoms with Crippen LogP contribution in [0.25, 0.3) is 0 Å². The first kappa shape index (κ1) is 31.4. The fourth-order valence-electron chi connectivity index (χ4n) is 4.01. The topological polar surface area (TPSA) is 119 Å². The van der Waals surface area contributed by atoms with E-state index in [0.29, 0.717) is 37.0 Å². The van der Waals surface area contributed by atoms with E-state index in [1.54, 1.807) is 0 Å². The Morgan fingerprint density at radius 3 is 2.40 bits per heavy atom. The van der Waals surface area contributed by atoms with E-state index in [1.807, 2.05) is 12.1 Å². The monoisotopic (exact) mass is 512 g/mol. The van der Waals surface area contributed by atoms with Gasteiger partial charge in [0.05, 0.1) is 0 Å². The van der Waals surface area contributed by atoms with Crippen LogP contribution in [0.15, 0.2) is 18.2 Å². The second-order valence-electron chi connectivity index (χ2n) is 11.2. The lowest BCUT2D eigenvalue weighted by atomic mass is 9.81. The third kappa shape index (κ3) is 12.2. The van der Waals surface area contributed by atoms with E-state index < -0.39 is 15.9 Å². The molecule has 1 rings (SSSR count). The number of benzene rings is 1. The summed E-state index contributed by atoms with van der Waals surface area (Å²) in [6.45, 7) is 13.2. The van der Waals surface area contributed by atoms with Gasteiger partial charge in [0.2, 0.25) is 5.91 Å². The number of sulfone groups is 1. The molecule has 0 saturated heterocycles. The van der Waals surface area contributed by atoms with Gasteiger partial charge in [0.15, 0.2) is 15.8 Å². The van der Waals surface area contributed by atoms with Crippen LogP contribution in [0.3, 0.4) is 0 Å². The molecule has 202 valence electrons. The second-order valence-corrected chi connectivity index (χ2v) is 13.3. The molecule has 35 heavy (non-hydrogen) atoms. The first-order valence-electron chi connectivity index (χ1n) is 12.8. The Kier molecular flexibility index (Phi) is 12.7. The first-order chi connectivity index (χ1) is 16.1. The van der Waals surface area contributed by atoms with Crippen molar-refractivity contribution in [2.45, 2.75) is 97.6 Å².